The summed E-state index contributed by atoms with van der Waals surface area (Å²) in [6.45, 7) is 6.93. The Hall–Kier alpha value is -2.27. The zero-order valence-electron chi connectivity index (χ0n) is 13.0. The highest BCUT2D eigenvalue weighted by Gasteiger charge is 2.20. The largest absolute Gasteiger partial charge is 0.399 e. The minimum Gasteiger partial charge on any atom is -0.399 e. The fourth-order valence-electron chi connectivity index (χ4n) is 2.46. The summed E-state index contributed by atoms with van der Waals surface area (Å²) in [5.41, 5.74) is 10.2. The molecule has 4 N–H and O–H groups in total. The van der Waals surface area contributed by atoms with Gasteiger partial charge < -0.3 is 16.0 Å². The smallest absolute Gasteiger partial charge is 0.272 e. The van der Waals surface area contributed by atoms with E-state index in [4.69, 9.17) is 5.73 Å². The highest BCUT2D eigenvalue weighted by molar-refractivity contribution is 6.08. The topological polar surface area (TPSA) is 88.0 Å². The van der Waals surface area contributed by atoms with Crippen LogP contribution in [0.5, 0.6) is 0 Å². The highest BCUT2D eigenvalue weighted by atomic mass is 35.5. The molecule has 0 radical (unpaired) electrons. The van der Waals surface area contributed by atoms with E-state index in [1.807, 2.05) is 13.0 Å². The monoisotopic (exact) mass is 321 g/mol. The number of aryl methyl sites for hydroxylation is 2. The fraction of sp³-hybridized carbons (Fsp3) is 0.250. The number of hydrogen-bond donors (Lipinski definition) is 3. The van der Waals surface area contributed by atoms with Gasteiger partial charge in [0.2, 0.25) is 0 Å². The van der Waals surface area contributed by atoms with Crippen molar-refractivity contribution < 1.29 is 9.59 Å². The van der Waals surface area contributed by atoms with Gasteiger partial charge in [-0.05, 0) is 51.0 Å². The third kappa shape index (κ3) is 3.31. The number of aromatic nitrogens is 1. The molecule has 0 atom stereocenters. The van der Waals surface area contributed by atoms with Gasteiger partial charge in [-0.3, -0.25) is 9.59 Å². The van der Waals surface area contributed by atoms with Crippen LogP contribution in [-0.4, -0.2) is 16.7 Å². The van der Waals surface area contributed by atoms with Crippen molar-refractivity contribution in [3.8, 4) is 0 Å². The van der Waals surface area contributed by atoms with Gasteiger partial charge in [0.15, 0.2) is 5.78 Å². The van der Waals surface area contributed by atoms with Crippen molar-refractivity contribution in [3.63, 3.8) is 0 Å². The minimum absolute atomic E-state index is 0. The van der Waals surface area contributed by atoms with E-state index in [9.17, 15) is 9.59 Å². The molecule has 0 saturated heterocycles. The summed E-state index contributed by atoms with van der Waals surface area (Å²) in [5, 5.41) is 2.83. The minimum atomic E-state index is -0.281. The second-order valence-corrected chi connectivity index (χ2v) is 5.21. The third-order valence-electron chi connectivity index (χ3n) is 3.53. The molecule has 0 fully saturated rings. The molecule has 118 valence electrons. The van der Waals surface area contributed by atoms with E-state index >= 15 is 0 Å². The Bertz CT molecular complexity index is 735. The van der Waals surface area contributed by atoms with Crippen molar-refractivity contribution in [3.05, 3.63) is 46.3 Å². The maximum Gasteiger partial charge on any atom is 0.272 e. The van der Waals surface area contributed by atoms with Gasteiger partial charge in [0.1, 0.15) is 5.69 Å². The first-order valence-electron chi connectivity index (χ1n) is 6.68. The van der Waals surface area contributed by atoms with E-state index in [1.165, 1.54) is 6.92 Å². The number of rotatable bonds is 3. The standard InChI is InChI=1S/C16H19N3O2.ClH/c1-8-5-6-12(17)7-13(8)19-16(21)15-9(2)14(11(4)20)10(3)18-15;/h5-7,18H,17H2,1-4H3,(H,19,21);1H. The number of halogens is 1. The molecule has 5 nitrogen and oxygen atoms in total. The number of amides is 1. The summed E-state index contributed by atoms with van der Waals surface area (Å²) in [6, 6.07) is 5.34. The number of ketones is 1. The molecule has 22 heavy (non-hydrogen) atoms. The molecular weight excluding hydrogens is 302 g/mol. The van der Waals surface area contributed by atoms with E-state index in [0.717, 1.165) is 5.56 Å². The van der Waals surface area contributed by atoms with Gasteiger partial charge in [-0.1, -0.05) is 6.07 Å². The van der Waals surface area contributed by atoms with Gasteiger partial charge in [0.25, 0.3) is 5.91 Å². The molecule has 1 amide bonds. The first-order valence-corrected chi connectivity index (χ1v) is 6.68. The van der Waals surface area contributed by atoms with Crippen LogP contribution in [0.15, 0.2) is 18.2 Å². The molecule has 0 aliphatic rings. The Morgan fingerprint density at radius 2 is 1.82 bits per heavy atom. The van der Waals surface area contributed by atoms with Crippen molar-refractivity contribution in [2.45, 2.75) is 27.7 Å². The lowest BCUT2D eigenvalue weighted by Gasteiger charge is -2.09. The number of nitrogens with one attached hydrogen (secondary N) is 2. The third-order valence-corrected chi connectivity index (χ3v) is 3.53. The molecule has 1 aromatic carbocycles. The Morgan fingerprint density at radius 1 is 1.18 bits per heavy atom. The van der Waals surface area contributed by atoms with Gasteiger partial charge >= 0.3 is 0 Å². The van der Waals surface area contributed by atoms with E-state index in [-0.39, 0.29) is 24.1 Å². The maximum atomic E-state index is 12.4. The predicted molar refractivity (Wildman–Crippen MR) is 91.1 cm³/mol. The first-order chi connectivity index (χ1) is 9.81. The van der Waals surface area contributed by atoms with E-state index in [2.05, 4.69) is 10.3 Å². The summed E-state index contributed by atoms with van der Waals surface area (Å²) in [7, 11) is 0. The van der Waals surface area contributed by atoms with E-state index < -0.39 is 0 Å². The molecule has 2 rings (SSSR count). The Labute approximate surface area is 135 Å². The van der Waals surface area contributed by atoms with Crippen LogP contribution in [0.4, 0.5) is 11.4 Å². The van der Waals surface area contributed by atoms with Crippen molar-refractivity contribution in [2.24, 2.45) is 0 Å². The van der Waals surface area contributed by atoms with Gasteiger partial charge in [-0.15, -0.1) is 12.4 Å². The van der Waals surface area contributed by atoms with Gasteiger partial charge in [0, 0.05) is 22.6 Å². The molecule has 0 unspecified atom stereocenters. The molecule has 0 saturated carbocycles. The first kappa shape index (κ1) is 17.8. The molecule has 0 aliphatic heterocycles. The lowest BCUT2D eigenvalue weighted by Crippen LogP contribution is -2.15. The molecule has 0 bridgehead atoms. The van der Waals surface area contributed by atoms with Crippen LogP contribution >= 0.6 is 12.4 Å². The second kappa shape index (κ2) is 6.66. The summed E-state index contributed by atoms with van der Waals surface area (Å²) < 4.78 is 0. The number of carbonyl (C=O) groups is 2. The van der Waals surface area contributed by atoms with Crippen LogP contribution in [0.2, 0.25) is 0 Å². The number of aromatic amines is 1. The number of nitrogen functional groups attached to an aromatic ring is 1. The Balaban J connectivity index is 0.00000242. The zero-order valence-corrected chi connectivity index (χ0v) is 13.9. The number of anilines is 2. The van der Waals surface area contributed by atoms with Crippen LogP contribution in [0.3, 0.4) is 0 Å². The molecule has 6 heteroatoms. The Kier molecular flexibility index (Phi) is 5.38. The van der Waals surface area contributed by atoms with Crippen molar-refractivity contribution in [1.82, 2.24) is 4.98 Å². The number of H-pyrrole nitrogens is 1. The lowest BCUT2D eigenvalue weighted by molar-refractivity contribution is 0.101. The van der Waals surface area contributed by atoms with Crippen LogP contribution in [0, 0.1) is 20.8 Å². The number of hydrogen-bond acceptors (Lipinski definition) is 3. The number of benzene rings is 1. The van der Waals surface area contributed by atoms with Crippen LogP contribution in [0.25, 0.3) is 0 Å². The summed E-state index contributed by atoms with van der Waals surface area (Å²) >= 11 is 0. The molecule has 2 aromatic rings. The highest BCUT2D eigenvalue weighted by Crippen LogP contribution is 2.22. The van der Waals surface area contributed by atoms with Gasteiger partial charge in [-0.25, -0.2) is 0 Å². The van der Waals surface area contributed by atoms with Gasteiger partial charge in [-0.2, -0.15) is 0 Å². The fourth-order valence-corrected chi connectivity index (χ4v) is 2.46. The SMILES string of the molecule is CC(=O)c1c(C)[nH]c(C(=O)Nc2cc(N)ccc2C)c1C.Cl. The average molecular weight is 322 g/mol. The maximum absolute atomic E-state index is 12.4. The van der Waals surface area contributed by atoms with Crippen LogP contribution < -0.4 is 11.1 Å². The number of nitrogens with two attached hydrogens (primary N) is 1. The average Bonchev–Trinajstić information content (AvgIpc) is 2.69. The normalized spacial score (nSPS) is 10.0. The Morgan fingerprint density at radius 3 is 2.36 bits per heavy atom. The molecule has 1 heterocycles. The van der Waals surface area contributed by atoms with Gasteiger partial charge in [0.05, 0.1) is 0 Å². The summed E-state index contributed by atoms with van der Waals surface area (Å²) in [4.78, 5) is 27.0. The van der Waals surface area contributed by atoms with Crippen LogP contribution in [-0.2, 0) is 0 Å². The van der Waals surface area contributed by atoms with Crippen LogP contribution in [0.1, 0.15) is 44.6 Å². The molecule has 1 aromatic heterocycles. The molecule has 0 aliphatic carbocycles. The van der Waals surface area contributed by atoms with Crippen molar-refractivity contribution in [2.75, 3.05) is 11.1 Å². The zero-order chi connectivity index (χ0) is 15.7. The van der Waals surface area contributed by atoms with Crippen molar-refractivity contribution >= 4 is 35.5 Å². The molecular formula is C16H20ClN3O2. The summed E-state index contributed by atoms with van der Waals surface area (Å²) in [5.74, 6) is -0.336. The van der Waals surface area contributed by atoms with E-state index in [1.54, 1.807) is 26.0 Å². The van der Waals surface area contributed by atoms with Crippen molar-refractivity contribution in [1.29, 1.82) is 0 Å². The summed E-state index contributed by atoms with van der Waals surface area (Å²) in [6.07, 6.45) is 0. The predicted octanol–water partition coefficient (Wildman–Crippen LogP) is 3.40. The molecule has 0 spiro atoms. The quantitative estimate of drug-likeness (QED) is 0.598. The number of Topliss-reactive ketones (excluding diaryl/α,β-unsaturated/α-hetero) is 1. The van der Waals surface area contributed by atoms with E-state index in [0.29, 0.717) is 33.9 Å². The lowest BCUT2D eigenvalue weighted by atomic mass is 10.1. The second-order valence-electron chi connectivity index (χ2n) is 5.21. The number of carbonyl (C=O) groups excluding carboxylic acids is 2.